The van der Waals surface area contributed by atoms with Crippen LogP contribution >= 0.6 is 0 Å². The predicted octanol–water partition coefficient (Wildman–Crippen LogP) is 2.05. The van der Waals surface area contributed by atoms with E-state index in [0.29, 0.717) is 11.8 Å². The lowest BCUT2D eigenvalue weighted by atomic mass is 9.51. The van der Waals surface area contributed by atoms with Crippen molar-refractivity contribution in [2.24, 2.45) is 29.6 Å². The summed E-state index contributed by atoms with van der Waals surface area (Å²) in [6.45, 7) is 1.97. The predicted molar refractivity (Wildman–Crippen MR) is 73.5 cm³/mol. The van der Waals surface area contributed by atoms with E-state index in [1.807, 2.05) is 6.92 Å². The number of H-pyrrole nitrogens is 1. The molecule has 1 aromatic heterocycles. The van der Waals surface area contributed by atoms with Crippen molar-refractivity contribution in [3.63, 3.8) is 0 Å². The van der Waals surface area contributed by atoms with E-state index < -0.39 is 0 Å². The van der Waals surface area contributed by atoms with Crippen molar-refractivity contribution >= 4 is 5.91 Å². The fraction of sp³-hybridized carbons (Fsp3) is 0.800. The number of carbonyl (C=O) groups is 1. The molecule has 1 unspecified atom stereocenters. The summed E-state index contributed by atoms with van der Waals surface area (Å²) in [6, 6.07) is -0.0813. The molecule has 20 heavy (non-hydrogen) atoms. The highest BCUT2D eigenvalue weighted by atomic mass is 16.2. The van der Waals surface area contributed by atoms with Crippen LogP contribution in [0.2, 0.25) is 0 Å². The molecule has 0 aliphatic heterocycles. The summed E-state index contributed by atoms with van der Waals surface area (Å²) in [5.74, 6) is 4.31. The van der Waals surface area contributed by atoms with Gasteiger partial charge in [0.2, 0.25) is 5.91 Å². The first-order valence-corrected chi connectivity index (χ1v) is 7.86. The quantitative estimate of drug-likeness (QED) is 0.886. The van der Waals surface area contributed by atoms with Crippen molar-refractivity contribution in [1.29, 1.82) is 0 Å². The van der Waals surface area contributed by atoms with Crippen LogP contribution in [0.3, 0.4) is 0 Å². The first kappa shape index (κ1) is 12.4. The van der Waals surface area contributed by atoms with Gasteiger partial charge in [-0.2, -0.15) is 5.10 Å². The zero-order chi connectivity index (χ0) is 13.7. The number of carbonyl (C=O) groups excluding carboxylic acids is 1. The number of hydrogen-bond donors (Lipinski definition) is 2. The van der Waals surface area contributed by atoms with Crippen LogP contribution in [0.1, 0.15) is 50.9 Å². The summed E-state index contributed by atoms with van der Waals surface area (Å²) in [5, 5.41) is 9.82. The van der Waals surface area contributed by atoms with E-state index in [9.17, 15) is 4.79 Å². The van der Waals surface area contributed by atoms with Crippen LogP contribution in [0.5, 0.6) is 0 Å². The second-order valence-corrected chi connectivity index (χ2v) is 7.06. The summed E-state index contributed by atoms with van der Waals surface area (Å²) in [5.41, 5.74) is 0. The summed E-state index contributed by atoms with van der Waals surface area (Å²) < 4.78 is 0. The lowest BCUT2D eigenvalue weighted by molar-refractivity contribution is -0.138. The molecule has 2 N–H and O–H groups in total. The van der Waals surface area contributed by atoms with E-state index in [4.69, 9.17) is 0 Å². The molecule has 0 spiro atoms. The molecule has 0 saturated heterocycles. The van der Waals surface area contributed by atoms with Gasteiger partial charge in [-0.05, 0) is 62.7 Å². The van der Waals surface area contributed by atoms with Gasteiger partial charge in [-0.15, -0.1) is 0 Å². The molecule has 5 nitrogen and oxygen atoms in total. The van der Waals surface area contributed by atoms with E-state index in [0.717, 1.165) is 17.7 Å². The SMILES string of the molecule is CC(NC(=O)C1C2CC3CC(C2)CC1C3)c1ncn[nH]1. The zero-order valence-corrected chi connectivity index (χ0v) is 11.9. The summed E-state index contributed by atoms with van der Waals surface area (Å²) in [6.07, 6.45) is 8.03. The van der Waals surface area contributed by atoms with Gasteiger partial charge in [0.15, 0.2) is 0 Å². The number of aromatic amines is 1. The molecule has 4 saturated carbocycles. The normalized spacial score (nSPS) is 39.8. The zero-order valence-electron chi connectivity index (χ0n) is 11.9. The molecule has 108 valence electrons. The number of amides is 1. The van der Waals surface area contributed by atoms with Gasteiger partial charge in [-0.25, -0.2) is 4.98 Å². The fourth-order valence-corrected chi connectivity index (χ4v) is 5.15. The number of rotatable bonds is 3. The van der Waals surface area contributed by atoms with Gasteiger partial charge in [0.25, 0.3) is 0 Å². The molecule has 4 fully saturated rings. The smallest absolute Gasteiger partial charge is 0.224 e. The first-order valence-electron chi connectivity index (χ1n) is 7.86. The van der Waals surface area contributed by atoms with Gasteiger partial charge in [-0.1, -0.05) is 0 Å². The van der Waals surface area contributed by atoms with Crippen molar-refractivity contribution in [2.75, 3.05) is 0 Å². The largest absolute Gasteiger partial charge is 0.346 e. The highest BCUT2D eigenvalue weighted by molar-refractivity contribution is 5.80. The first-order chi connectivity index (χ1) is 9.70. The molecule has 4 bridgehead atoms. The molecule has 1 atom stereocenters. The van der Waals surface area contributed by atoms with E-state index in [-0.39, 0.29) is 17.9 Å². The Hall–Kier alpha value is -1.39. The van der Waals surface area contributed by atoms with Gasteiger partial charge < -0.3 is 5.32 Å². The van der Waals surface area contributed by atoms with E-state index in [1.54, 1.807) is 0 Å². The van der Waals surface area contributed by atoms with Crippen LogP contribution in [0.15, 0.2) is 6.33 Å². The van der Waals surface area contributed by atoms with Crippen LogP contribution in [0.25, 0.3) is 0 Å². The van der Waals surface area contributed by atoms with Crippen molar-refractivity contribution < 1.29 is 4.79 Å². The van der Waals surface area contributed by atoms with Crippen LogP contribution in [-0.2, 0) is 4.79 Å². The molecular formula is C15H22N4O. The summed E-state index contributed by atoms with van der Waals surface area (Å²) in [4.78, 5) is 16.8. The van der Waals surface area contributed by atoms with Gasteiger partial charge in [0.05, 0.1) is 6.04 Å². The number of hydrogen-bond acceptors (Lipinski definition) is 3. The Bertz CT molecular complexity index is 470. The highest BCUT2D eigenvalue weighted by Gasteiger charge is 2.50. The van der Waals surface area contributed by atoms with E-state index >= 15 is 0 Å². The van der Waals surface area contributed by atoms with Crippen LogP contribution in [-0.4, -0.2) is 21.1 Å². The Morgan fingerprint density at radius 2 is 1.90 bits per heavy atom. The van der Waals surface area contributed by atoms with Crippen LogP contribution in [0, 0.1) is 29.6 Å². The maximum absolute atomic E-state index is 12.7. The minimum atomic E-state index is -0.0813. The van der Waals surface area contributed by atoms with E-state index in [2.05, 4.69) is 20.5 Å². The lowest BCUT2D eigenvalue weighted by Crippen LogP contribution is -2.51. The second-order valence-electron chi connectivity index (χ2n) is 7.06. The minimum absolute atomic E-state index is 0.0813. The molecule has 5 rings (SSSR count). The van der Waals surface area contributed by atoms with E-state index in [1.165, 1.54) is 38.4 Å². The number of nitrogens with zero attached hydrogens (tertiary/aromatic N) is 2. The fourth-order valence-electron chi connectivity index (χ4n) is 5.15. The third kappa shape index (κ3) is 1.95. The number of nitrogens with one attached hydrogen (secondary N) is 2. The topological polar surface area (TPSA) is 70.7 Å². The second kappa shape index (κ2) is 4.57. The van der Waals surface area contributed by atoms with Gasteiger partial charge in [-0.3, -0.25) is 9.89 Å². The molecule has 1 aromatic rings. The Balaban J connectivity index is 1.46. The monoisotopic (exact) mass is 274 g/mol. The molecule has 4 aliphatic rings. The Morgan fingerprint density at radius 1 is 1.25 bits per heavy atom. The number of aromatic nitrogens is 3. The van der Waals surface area contributed by atoms with Crippen LogP contribution < -0.4 is 5.32 Å². The molecule has 1 amide bonds. The third-order valence-corrected chi connectivity index (χ3v) is 5.73. The third-order valence-electron chi connectivity index (χ3n) is 5.73. The van der Waals surface area contributed by atoms with Crippen molar-refractivity contribution in [3.05, 3.63) is 12.2 Å². The van der Waals surface area contributed by atoms with Gasteiger partial charge in [0.1, 0.15) is 12.2 Å². The van der Waals surface area contributed by atoms with Gasteiger partial charge in [0, 0.05) is 5.92 Å². The minimum Gasteiger partial charge on any atom is -0.346 e. The summed E-state index contributed by atoms with van der Waals surface area (Å²) in [7, 11) is 0. The van der Waals surface area contributed by atoms with Gasteiger partial charge >= 0.3 is 0 Å². The Kier molecular flexibility index (Phi) is 2.82. The summed E-state index contributed by atoms with van der Waals surface area (Å²) >= 11 is 0. The molecule has 0 aromatic carbocycles. The average Bonchev–Trinajstić information content (AvgIpc) is 2.91. The molecule has 5 heteroatoms. The Labute approximate surface area is 118 Å². The maximum Gasteiger partial charge on any atom is 0.224 e. The van der Waals surface area contributed by atoms with Crippen molar-refractivity contribution in [2.45, 2.75) is 45.1 Å². The highest BCUT2D eigenvalue weighted by Crippen LogP contribution is 2.56. The Morgan fingerprint density at radius 3 is 2.45 bits per heavy atom. The lowest BCUT2D eigenvalue weighted by Gasteiger charge is -2.53. The average molecular weight is 274 g/mol. The van der Waals surface area contributed by atoms with Crippen LogP contribution in [0.4, 0.5) is 0 Å². The molecular weight excluding hydrogens is 252 g/mol. The molecule has 0 radical (unpaired) electrons. The molecule has 1 heterocycles. The maximum atomic E-state index is 12.7. The molecule has 4 aliphatic carbocycles. The van der Waals surface area contributed by atoms with Crippen molar-refractivity contribution in [1.82, 2.24) is 20.5 Å². The standard InChI is InChI=1S/C15H22N4O/c1-8(14-16-7-17-19-14)18-15(20)13-11-3-9-2-10(5-11)6-12(13)4-9/h7-13H,2-6H2,1H3,(H,18,20)(H,16,17,19). The van der Waals surface area contributed by atoms with Crippen molar-refractivity contribution in [3.8, 4) is 0 Å².